The Kier molecular flexibility index (Phi) is 6.69. The number of nitrogens with zero attached hydrogens (tertiary/aromatic N) is 3. The van der Waals surface area contributed by atoms with Crippen LogP contribution in [0.3, 0.4) is 0 Å². The smallest absolute Gasteiger partial charge is 0.264 e. The molecule has 3 aromatic carbocycles. The zero-order valence-corrected chi connectivity index (χ0v) is 20.9. The summed E-state index contributed by atoms with van der Waals surface area (Å²) in [5.74, 6) is 0.297. The standard InChI is InChI=1S/C28H26FN3O3S/c1-30-24-18-20(27(33)32-14-12-31(13-15-32)22-9-7-21(29)8-10-22)6-11-25(24)36-26(28(30)34)17-19-4-3-5-23(16-19)35-2/h3-11,16-18H,12-15H2,1-2H3. The minimum Gasteiger partial charge on any atom is -0.497 e. The van der Waals surface area contributed by atoms with Gasteiger partial charge in [0.05, 0.1) is 17.7 Å². The molecule has 6 nitrogen and oxygen atoms in total. The summed E-state index contributed by atoms with van der Waals surface area (Å²) < 4.78 is 18.5. The largest absolute Gasteiger partial charge is 0.497 e. The van der Waals surface area contributed by atoms with Gasteiger partial charge in [-0.05, 0) is 66.2 Å². The number of carbonyl (C=O) groups excluding carboxylic acids is 2. The first-order valence-corrected chi connectivity index (χ1v) is 12.5. The van der Waals surface area contributed by atoms with Crippen LogP contribution < -0.4 is 14.5 Å². The predicted octanol–water partition coefficient (Wildman–Crippen LogP) is 4.91. The van der Waals surface area contributed by atoms with Gasteiger partial charge in [-0.2, -0.15) is 0 Å². The third-order valence-electron chi connectivity index (χ3n) is 6.45. The molecule has 0 N–H and O–H groups in total. The molecule has 184 valence electrons. The van der Waals surface area contributed by atoms with Gasteiger partial charge in [0, 0.05) is 49.4 Å². The maximum absolute atomic E-state index is 13.3. The first-order valence-electron chi connectivity index (χ1n) is 11.7. The van der Waals surface area contributed by atoms with Gasteiger partial charge in [-0.15, -0.1) is 0 Å². The lowest BCUT2D eigenvalue weighted by Gasteiger charge is -2.36. The van der Waals surface area contributed by atoms with Gasteiger partial charge >= 0.3 is 0 Å². The van der Waals surface area contributed by atoms with E-state index in [0.29, 0.717) is 36.6 Å². The maximum Gasteiger partial charge on any atom is 0.264 e. The molecule has 2 heterocycles. The van der Waals surface area contributed by atoms with E-state index in [1.807, 2.05) is 47.4 Å². The Morgan fingerprint density at radius 2 is 1.75 bits per heavy atom. The van der Waals surface area contributed by atoms with Gasteiger partial charge in [-0.1, -0.05) is 23.9 Å². The molecular weight excluding hydrogens is 477 g/mol. The number of benzene rings is 3. The number of methoxy groups -OCH3 is 1. The summed E-state index contributed by atoms with van der Waals surface area (Å²) >= 11 is 1.40. The molecule has 36 heavy (non-hydrogen) atoms. The monoisotopic (exact) mass is 503 g/mol. The highest BCUT2D eigenvalue weighted by Gasteiger charge is 2.29. The molecule has 8 heteroatoms. The fourth-order valence-corrected chi connectivity index (χ4v) is 5.50. The normalized spacial score (nSPS) is 16.8. The van der Waals surface area contributed by atoms with Gasteiger partial charge in [0.1, 0.15) is 11.6 Å². The molecule has 2 amide bonds. The van der Waals surface area contributed by atoms with E-state index in [1.165, 1.54) is 23.9 Å². The first-order chi connectivity index (χ1) is 17.4. The van der Waals surface area contributed by atoms with Crippen LogP contribution in [0.2, 0.25) is 0 Å². The van der Waals surface area contributed by atoms with Crippen LogP contribution in [0.25, 0.3) is 6.08 Å². The van der Waals surface area contributed by atoms with E-state index < -0.39 is 0 Å². The van der Waals surface area contributed by atoms with Gasteiger partial charge in [0.15, 0.2) is 0 Å². The van der Waals surface area contributed by atoms with E-state index in [0.717, 1.165) is 27.6 Å². The van der Waals surface area contributed by atoms with Crippen molar-refractivity contribution in [1.29, 1.82) is 0 Å². The Morgan fingerprint density at radius 3 is 2.47 bits per heavy atom. The number of hydrogen-bond acceptors (Lipinski definition) is 5. The number of thioether (sulfide) groups is 1. The molecule has 2 aliphatic rings. The number of piperazine rings is 1. The van der Waals surface area contributed by atoms with Crippen LogP contribution in [0, 0.1) is 5.82 Å². The fourth-order valence-electron chi connectivity index (χ4n) is 4.41. The van der Waals surface area contributed by atoms with Crippen molar-refractivity contribution in [3.8, 4) is 5.75 Å². The van der Waals surface area contributed by atoms with Crippen molar-refractivity contribution < 1.29 is 18.7 Å². The highest BCUT2D eigenvalue weighted by atomic mass is 32.2. The second-order valence-corrected chi connectivity index (χ2v) is 9.77. The Bertz CT molecular complexity index is 1330. The minimum absolute atomic E-state index is 0.0554. The van der Waals surface area contributed by atoms with E-state index in [9.17, 15) is 14.0 Å². The highest BCUT2D eigenvalue weighted by molar-refractivity contribution is 8.04. The summed E-state index contributed by atoms with van der Waals surface area (Å²) in [5, 5.41) is 0. The number of ether oxygens (including phenoxy) is 1. The number of carbonyl (C=O) groups is 2. The quantitative estimate of drug-likeness (QED) is 0.474. The van der Waals surface area contributed by atoms with Gasteiger partial charge in [-0.3, -0.25) is 9.59 Å². The van der Waals surface area contributed by atoms with Crippen LogP contribution in [-0.4, -0.2) is 57.1 Å². The van der Waals surface area contributed by atoms with Crippen molar-refractivity contribution in [2.45, 2.75) is 4.90 Å². The summed E-state index contributed by atoms with van der Waals surface area (Å²) in [6.07, 6.45) is 1.86. The van der Waals surface area contributed by atoms with E-state index >= 15 is 0 Å². The van der Waals surface area contributed by atoms with Crippen LogP contribution in [-0.2, 0) is 4.79 Å². The summed E-state index contributed by atoms with van der Waals surface area (Å²) in [6, 6.07) is 19.5. The topological polar surface area (TPSA) is 53.1 Å². The van der Waals surface area contributed by atoms with E-state index in [4.69, 9.17) is 4.74 Å². The molecule has 2 aliphatic heterocycles. The molecule has 1 saturated heterocycles. The summed E-state index contributed by atoms with van der Waals surface area (Å²) in [5.41, 5.74) is 3.12. The summed E-state index contributed by atoms with van der Waals surface area (Å²) in [6.45, 7) is 2.50. The van der Waals surface area contributed by atoms with Crippen molar-refractivity contribution in [2.75, 3.05) is 50.1 Å². The maximum atomic E-state index is 13.3. The van der Waals surface area contributed by atoms with Crippen LogP contribution >= 0.6 is 11.8 Å². The van der Waals surface area contributed by atoms with Crippen molar-refractivity contribution in [3.63, 3.8) is 0 Å². The molecular formula is C28H26FN3O3S. The van der Waals surface area contributed by atoms with Crippen LogP contribution in [0.4, 0.5) is 15.8 Å². The predicted molar refractivity (Wildman–Crippen MR) is 141 cm³/mol. The Morgan fingerprint density at radius 1 is 1.00 bits per heavy atom. The number of amides is 2. The van der Waals surface area contributed by atoms with Gasteiger partial charge in [0.2, 0.25) is 0 Å². The van der Waals surface area contributed by atoms with Crippen LogP contribution in [0.15, 0.2) is 76.5 Å². The van der Waals surface area contributed by atoms with Crippen LogP contribution in [0.1, 0.15) is 15.9 Å². The van der Waals surface area contributed by atoms with Gasteiger partial charge < -0.3 is 19.4 Å². The van der Waals surface area contributed by atoms with Crippen molar-refractivity contribution in [1.82, 2.24) is 4.90 Å². The van der Waals surface area contributed by atoms with E-state index in [2.05, 4.69) is 4.90 Å². The Hall–Kier alpha value is -3.78. The van der Waals surface area contributed by atoms with Crippen molar-refractivity contribution >= 4 is 41.0 Å². The molecule has 0 atom stereocenters. The van der Waals surface area contributed by atoms with E-state index in [1.54, 1.807) is 37.3 Å². The van der Waals surface area contributed by atoms with Gasteiger partial charge in [-0.25, -0.2) is 4.39 Å². The highest BCUT2D eigenvalue weighted by Crippen LogP contribution is 2.42. The molecule has 0 unspecified atom stereocenters. The number of anilines is 2. The number of fused-ring (bicyclic) bond motifs is 1. The second kappa shape index (κ2) is 10.1. The lowest BCUT2D eigenvalue weighted by atomic mass is 10.1. The van der Waals surface area contributed by atoms with Crippen molar-refractivity contribution in [2.24, 2.45) is 0 Å². The number of halogens is 1. The van der Waals surface area contributed by atoms with E-state index in [-0.39, 0.29) is 17.6 Å². The molecule has 1 fully saturated rings. The lowest BCUT2D eigenvalue weighted by Crippen LogP contribution is -2.48. The number of hydrogen-bond donors (Lipinski definition) is 0. The Balaban J connectivity index is 1.30. The zero-order valence-electron chi connectivity index (χ0n) is 20.1. The molecule has 0 spiro atoms. The molecule has 5 rings (SSSR count). The molecule has 0 aromatic heterocycles. The fraction of sp³-hybridized carbons (Fsp3) is 0.214. The SMILES string of the molecule is COc1cccc(C=C2Sc3ccc(C(=O)N4CCN(c5ccc(F)cc5)CC4)cc3N(C)C2=O)c1. The third kappa shape index (κ3) is 4.81. The third-order valence-corrected chi connectivity index (χ3v) is 7.53. The summed E-state index contributed by atoms with van der Waals surface area (Å²) in [7, 11) is 3.34. The van der Waals surface area contributed by atoms with Crippen LogP contribution in [0.5, 0.6) is 5.75 Å². The number of likely N-dealkylation sites (N-methyl/N-ethyl adjacent to an activating group) is 1. The number of rotatable bonds is 4. The summed E-state index contributed by atoms with van der Waals surface area (Å²) in [4.78, 5) is 33.5. The Labute approximate surface area is 213 Å². The second-order valence-electron chi connectivity index (χ2n) is 8.69. The van der Waals surface area contributed by atoms with Gasteiger partial charge in [0.25, 0.3) is 11.8 Å². The molecule has 0 saturated carbocycles. The van der Waals surface area contributed by atoms with Crippen molar-refractivity contribution in [3.05, 3.63) is 88.6 Å². The molecule has 0 bridgehead atoms. The average Bonchev–Trinajstić information content (AvgIpc) is 2.91. The molecule has 0 aliphatic carbocycles. The zero-order chi connectivity index (χ0) is 25.2. The molecule has 3 aromatic rings. The minimum atomic E-state index is -0.260. The lowest BCUT2D eigenvalue weighted by molar-refractivity contribution is -0.114. The molecule has 0 radical (unpaired) electrons. The average molecular weight is 504 g/mol. The first kappa shape index (κ1) is 23.9.